The minimum Gasteiger partial charge on any atom is -0.313 e. The average Bonchev–Trinajstić information content (AvgIpc) is 2.74. The first-order chi connectivity index (χ1) is 7.34. The molecular formula is C11H16BrN3. The van der Waals surface area contributed by atoms with Crippen molar-refractivity contribution >= 4 is 15.9 Å². The molecule has 0 bridgehead atoms. The van der Waals surface area contributed by atoms with Gasteiger partial charge in [-0.05, 0) is 46.9 Å². The summed E-state index contributed by atoms with van der Waals surface area (Å²) in [6.45, 7) is 3.13. The molecule has 0 aromatic carbocycles. The molecule has 3 nitrogen and oxygen atoms in total. The van der Waals surface area contributed by atoms with Gasteiger partial charge in [0.15, 0.2) is 0 Å². The average molecular weight is 270 g/mol. The van der Waals surface area contributed by atoms with Crippen molar-refractivity contribution in [1.29, 1.82) is 0 Å². The Kier molecular flexibility index (Phi) is 4.11. The smallest absolute Gasteiger partial charge is 0.106 e. The van der Waals surface area contributed by atoms with E-state index in [0.29, 0.717) is 6.04 Å². The second kappa shape index (κ2) is 5.58. The van der Waals surface area contributed by atoms with Gasteiger partial charge in [0.1, 0.15) is 4.60 Å². The first-order valence-electron chi connectivity index (χ1n) is 5.39. The second-order valence-electron chi connectivity index (χ2n) is 3.91. The Bertz CT molecular complexity index is 293. The van der Waals surface area contributed by atoms with Crippen LogP contribution in [0.5, 0.6) is 0 Å². The Labute approximate surface area is 98.8 Å². The maximum absolute atomic E-state index is 4.19. The van der Waals surface area contributed by atoms with Crippen LogP contribution in [0.15, 0.2) is 22.9 Å². The van der Waals surface area contributed by atoms with E-state index in [0.717, 1.165) is 17.7 Å². The number of halogens is 1. The van der Waals surface area contributed by atoms with Gasteiger partial charge < -0.3 is 10.6 Å². The van der Waals surface area contributed by atoms with Gasteiger partial charge in [-0.3, -0.25) is 0 Å². The highest BCUT2D eigenvalue weighted by Gasteiger charge is 2.12. The molecule has 1 aliphatic rings. The predicted molar refractivity (Wildman–Crippen MR) is 64.7 cm³/mol. The van der Waals surface area contributed by atoms with E-state index in [1.165, 1.54) is 24.9 Å². The molecule has 82 valence electrons. The summed E-state index contributed by atoms with van der Waals surface area (Å²) in [5, 5.41) is 6.91. The van der Waals surface area contributed by atoms with E-state index < -0.39 is 0 Å². The summed E-state index contributed by atoms with van der Waals surface area (Å²) in [6.07, 6.45) is 4.51. The summed E-state index contributed by atoms with van der Waals surface area (Å²) in [5.41, 5.74) is 1.23. The van der Waals surface area contributed by atoms with Crippen LogP contribution in [0.4, 0.5) is 0 Å². The van der Waals surface area contributed by atoms with Gasteiger partial charge in [-0.25, -0.2) is 4.98 Å². The van der Waals surface area contributed by atoms with Crippen LogP contribution in [0.25, 0.3) is 0 Å². The lowest BCUT2D eigenvalue weighted by atomic mass is 10.2. The fraction of sp³-hybridized carbons (Fsp3) is 0.545. The lowest BCUT2D eigenvalue weighted by molar-refractivity contribution is 0.535. The molecule has 0 amide bonds. The quantitative estimate of drug-likeness (QED) is 0.817. The number of nitrogens with one attached hydrogen (secondary N) is 2. The van der Waals surface area contributed by atoms with Crippen molar-refractivity contribution in [3.8, 4) is 0 Å². The largest absolute Gasteiger partial charge is 0.313 e. The predicted octanol–water partition coefficient (Wildman–Crippen LogP) is 1.69. The first-order valence-corrected chi connectivity index (χ1v) is 6.18. The number of hydrogen-bond acceptors (Lipinski definition) is 3. The van der Waals surface area contributed by atoms with Crippen LogP contribution in [0.3, 0.4) is 0 Å². The molecule has 0 spiro atoms. The van der Waals surface area contributed by atoms with Crippen LogP contribution < -0.4 is 10.6 Å². The Balaban J connectivity index is 1.71. The van der Waals surface area contributed by atoms with Gasteiger partial charge in [0, 0.05) is 25.3 Å². The normalized spacial score (nSPS) is 20.7. The zero-order valence-electron chi connectivity index (χ0n) is 8.67. The molecule has 1 aromatic rings. The lowest BCUT2D eigenvalue weighted by Gasteiger charge is -2.11. The maximum Gasteiger partial charge on any atom is 0.106 e. The highest BCUT2D eigenvalue weighted by Crippen LogP contribution is 2.07. The third-order valence-electron chi connectivity index (χ3n) is 2.67. The fourth-order valence-corrected chi connectivity index (χ4v) is 2.07. The monoisotopic (exact) mass is 269 g/mol. The number of nitrogens with zero attached hydrogens (tertiary/aromatic N) is 1. The van der Waals surface area contributed by atoms with E-state index in [2.05, 4.69) is 37.6 Å². The first kappa shape index (κ1) is 11.0. The van der Waals surface area contributed by atoms with Crippen molar-refractivity contribution in [2.24, 2.45) is 0 Å². The molecule has 1 aliphatic heterocycles. The maximum atomic E-state index is 4.19. The molecule has 15 heavy (non-hydrogen) atoms. The summed E-state index contributed by atoms with van der Waals surface area (Å²) < 4.78 is 0.892. The Morgan fingerprint density at radius 1 is 1.53 bits per heavy atom. The Morgan fingerprint density at radius 2 is 2.47 bits per heavy atom. The van der Waals surface area contributed by atoms with Crippen molar-refractivity contribution in [3.05, 3.63) is 28.5 Å². The van der Waals surface area contributed by atoms with Crippen LogP contribution in [0.2, 0.25) is 0 Å². The van der Waals surface area contributed by atoms with Crippen LogP contribution in [0, 0.1) is 0 Å². The molecule has 2 heterocycles. The fourth-order valence-electron chi connectivity index (χ4n) is 1.83. The van der Waals surface area contributed by atoms with Crippen molar-refractivity contribution in [2.75, 3.05) is 13.1 Å². The van der Waals surface area contributed by atoms with E-state index >= 15 is 0 Å². The number of hydrogen-bond donors (Lipinski definition) is 2. The topological polar surface area (TPSA) is 37.0 Å². The minimum absolute atomic E-state index is 0.661. The molecule has 1 aromatic heterocycles. The number of rotatable bonds is 4. The summed E-state index contributed by atoms with van der Waals surface area (Å²) in [6, 6.07) is 4.73. The minimum atomic E-state index is 0.661. The molecule has 0 saturated carbocycles. The summed E-state index contributed by atoms with van der Waals surface area (Å²) >= 11 is 3.33. The molecule has 2 N–H and O–H groups in total. The van der Waals surface area contributed by atoms with Gasteiger partial charge in [0.05, 0.1) is 0 Å². The van der Waals surface area contributed by atoms with E-state index in [-0.39, 0.29) is 0 Å². The molecule has 1 fully saturated rings. The summed E-state index contributed by atoms with van der Waals surface area (Å²) in [4.78, 5) is 4.19. The Hall–Kier alpha value is -0.450. The van der Waals surface area contributed by atoms with Gasteiger partial charge in [0.2, 0.25) is 0 Å². The van der Waals surface area contributed by atoms with Crippen LogP contribution in [-0.2, 0) is 6.54 Å². The van der Waals surface area contributed by atoms with Crippen LogP contribution in [-0.4, -0.2) is 24.1 Å². The molecule has 2 rings (SSSR count). The zero-order chi connectivity index (χ0) is 10.5. The number of pyridine rings is 1. The van der Waals surface area contributed by atoms with Crippen molar-refractivity contribution in [2.45, 2.75) is 25.4 Å². The highest BCUT2D eigenvalue weighted by atomic mass is 79.9. The molecule has 0 aliphatic carbocycles. The number of aromatic nitrogens is 1. The second-order valence-corrected chi connectivity index (χ2v) is 4.73. The van der Waals surface area contributed by atoms with Gasteiger partial charge in [-0.1, -0.05) is 6.07 Å². The lowest BCUT2D eigenvalue weighted by Crippen LogP contribution is -2.33. The van der Waals surface area contributed by atoms with Crippen LogP contribution in [0.1, 0.15) is 18.4 Å². The van der Waals surface area contributed by atoms with E-state index in [1.54, 1.807) is 0 Å². The summed E-state index contributed by atoms with van der Waals surface area (Å²) in [7, 11) is 0. The van der Waals surface area contributed by atoms with Crippen molar-refractivity contribution in [1.82, 2.24) is 15.6 Å². The molecule has 1 unspecified atom stereocenters. The molecular weight excluding hydrogens is 254 g/mol. The standard InChI is InChI=1S/C11H16BrN3/c12-11-4-3-9(7-15-11)6-13-8-10-2-1-5-14-10/h3-4,7,10,13-14H,1-2,5-6,8H2. The zero-order valence-corrected chi connectivity index (χ0v) is 10.3. The van der Waals surface area contributed by atoms with Gasteiger partial charge in [0.25, 0.3) is 0 Å². The van der Waals surface area contributed by atoms with Crippen molar-refractivity contribution in [3.63, 3.8) is 0 Å². The van der Waals surface area contributed by atoms with Crippen molar-refractivity contribution < 1.29 is 0 Å². The Morgan fingerprint density at radius 3 is 3.13 bits per heavy atom. The van der Waals surface area contributed by atoms with E-state index in [4.69, 9.17) is 0 Å². The molecule has 1 atom stereocenters. The SMILES string of the molecule is Brc1ccc(CNCC2CCCN2)cn1. The molecule has 0 radical (unpaired) electrons. The van der Waals surface area contributed by atoms with E-state index in [9.17, 15) is 0 Å². The third kappa shape index (κ3) is 3.55. The van der Waals surface area contributed by atoms with E-state index in [1.807, 2.05) is 12.3 Å². The van der Waals surface area contributed by atoms with Gasteiger partial charge in [-0.2, -0.15) is 0 Å². The van der Waals surface area contributed by atoms with Gasteiger partial charge in [-0.15, -0.1) is 0 Å². The third-order valence-corrected chi connectivity index (χ3v) is 3.14. The van der Waals surface area contributed by atoms with Gasteiger partial charge >= 0.3 is 0 Å². The molecule has 4 heteroatoms. The molecule has 1 saturated heterocycles. The van der Waals surface area contributed by atoms with Crippen LogP contribution >= 0.6 is 15.9 Å². The highest BCUT2D eigenvalue weighted by molar-refractivity contribution is 9.10. The summed E-state index contributed by atoms with van der Waals surface area (Å²) in [5.74, 6) is 0.